The lowest BCUT2D eigenvalue weighted by Gasteiger charge is -2.36. The normalized spacial score (nSPS) is 17.4. The van der Waals surface area contributed by atoms with Crippen molar-refractivity contribution in [3.05, 3.63) is 48.3 Å². The third-order valence-electron chi connectivity index (χ3n) is 3.90. The first-order chi connectivity index (χ1) is 10.6. The zero-order valence-corrected chi connectivity index (χ0v) is 13.1. The summed E-state index contributed by atoms with van der Waals surface area (Å²) in [5, 5.41) is 7.33. The van der Waals surface area contributed by atoms with Crippen molar-refractivity contribution in [1.29, 1.82) is 0 Å². The first-order valence-electron chi connectivity index (χ1n) is 7.75. The van der Waals surface area contributed by atoms with Crippen molar-refractivity contribution in [2.75, 3.05) is 18.0 Å². The SMILES string of the molecule is CC(C)NC(=O)CN1C[C@@H](n2cccn2)Cc2ccccc21. The summed E-state index contributed by atoms with van der Waals surface area (Å²) in [6.45, 7) is 5.14. The number of anilines is 1. The van der Waals surface area contributed by atoms with E-state index in [4.69, 9.17) is 0 Å². The Morgan fingerprint density at radius 1 is 1.36 bits per heavy atom. The molecule has 0 saturated heterocycles. The fourth-order valence-corrected chi connectivity index (χ4v) is 3.03. The van der Waals surface area contributed by atoms with Gasteiger partial charge in [0, 0.05) is 30.7 Å². The third kappa shape index (κ3) is 3.13. The van der Waals surface area contributed by atoms with Crippen LogP contribution in [0.4, 0.5) is 5.69 Å². The second-order valence-electron chi connectivity index (χ2n) is 6.08. The topological polar surface area (TPSA) is 50.2 Å². The van der Waals surface area contributed by atoms with Crippen molar-refractivity contribution >= 4 is 11.6 Å². The Hall–Kier alpha value is -2.30. The van der Waals surface area contributed by atoms with E-state index in [9.17, 15) is 4.79 Å². The van der Waals surface area contributed by atoms with Crippen LogP contribution in [0, 0.1) is 0 Å². The summed E-state index contributed by atoms with van der Waals surface area (Å²) in [5.41, 5.74) is 2.43. The molecule has 2 heterocycles. The average Bonchev–Trinajstić information content (AvgIpc) is 3.00. The maximum absolute atomic E-state index is 12.1. The Kier molecular flexibility index (Phi) is 4.13. The minimum atomic E-state index is 0.0610. The second-order valence-corrected chi connectivity index (χ2v) is 6.08. The van der Waals surface area contributed by atoms with Crippen LogP contribution in [-0.2, 0) is 11.2 Å². The number of amides is 1. The number of aromatic nitrogens is 2. The molecule has 5 nitrogen and oxygen atoms in total. The average molecular weight is 298 g/mol. The van der Waals surface area contributed by atoms with Crippen molar-refractivity contribution in [2.45, 2.75) is 32.4 Å². The van der Waals surface area contributed by atoms with Gasteiger partial charge in [0.25, 0.3) is 0 Å². The molecule has 5 heteroatoms. The molecule has 1 aromatic carbocycles. The molecule has 3 rings (SSSR count). The fraction of sp³-hybridized carbons (Fsp3) is 0.412. The molecule has 22 heavy (non-hydrogen) atoms. The summed E-state index contributed by atoms with van der Waals surface area (Å²) >= 11 is 0. The van der Waals surface area contributed by atoms with Gasteiger partial charge < -0.3 is 10.2 Å². The van der Waals surface area contributed by atoms with Crippen LogP contribution in [0.3, 0.4) is 0 Å². The molecule has 2 aromatic rings. The zero-order chi connectivity index (χ0) is 15.5. The molecule has 1 aromatic heterocycles. The first kappa shape index (κ1) is 14.6. The molecule has 1 amide bonds. The second kappa shape index (κ2) is 6.22. The van der Waals surface area contributed by atoms with Crippen molar-refractivity contribution < 1.29 is 4.79 Å². The van der Waals surface area contributed by atoms with Gasteiger partial charge in [-0.25, -0.2) is 0 Å². The third-order valence-corrected chi connectivity index (χ3v) is 3.90. The van der Waals surface area contributed by atoms with Crippen LogP contribution in [0.1, 0.15) is 25.5 Å². The lowest BCUT2D eigenvalue weighted by molar-refractivity contribution is -0.120. The van der Waals surface area contributed by atoms with Gasteiger partial charge in [-0.05, 0) is 38.0 Å². The van der Waals surface area contributed by atoms with Crippen LogP contribution in [0.5, 0.6) is 0 Å². The van der Waals surface area contributed by atoms with E-state index in [1.807, 2.05) is 36.9 Å². The van der Waals surface area contributed by atoms with E-state index in [1.165, 1.54) is 5.56 Å². The molecular formula is C17H22N4O. The molecule has 1 aliphatic rings. The van der Waals surface area contributed by atoms with E-state index in [0.29, 0.717) is 6.54 Å². The number of para-hydroxylation sites is 1. The number of hydrogen-bond acceptors (Lipinski definition) is 3. The molecule has 0 bridgehead atoms. The Labute approximate surface area is 130 Å². The van der Waals surface area contributed by atoms with Crippen LogP contribution in [0.15, 0.2) is 42.7 Å². The Balaban J connectivity index is 1.82. The van der Waals surface area contributed by atoms with Gasteiger partial charge in [0.05, 0.1) is 12.6 Å². The van der Waals surface area contributed by atoms with Crippen molar-refractivity contribution in [3.8, 4) is 0 Å². The van der Waals surface area contributed by atoms with Crippen LogP contribution >= 0.6 is 0 Å². The molecule has 0 saturated carbocycles. The minimum Gasteiger partial charge on any atom is -0.360 e. The van der Waals surface area contributed by atoms with E-state index in [-0.39, 0.29) is 18.0 Å². The minimum absolute atomic E-state index is 0.0610. The maximum atomic E-state index is 12.1. The van der Waals surface area contributed by atoms with Crippen LogP contribution < -0.4 is 10.2 Å². The highest BCUT2D eigenvalue weighted by molar-refractivity contribution is 5.82. The number of benzene rings is 1. The molecular weight excluding hydrogens is 276 g/mol. The number of hydrogen-bond donors (Lipinski definition) is 1. The van der Waals surface area contributed by atoms with Crippen molar-refractivity contribution in [3.63, 3.8) is 0 Å². The van der Waals surface area contributed by atoms with E-state index in [2.05, 4.69) is 33.5 Å². The molecule has 0 aliphatic carbocycles. The summed E-state index contributed by atoms with van der Waals surface area (Å²) in [5.74, 6) is 0.0610. The Morgan fingerprint density at radius 3 is 2.91 bits per heavy atom. The number of fused-ring (bicyclic) bond motifs is 1. The predicted octanol–water partition coefficient (Wildman–Crippen LogP) is 2.01. The standard InChI is InChI=1S/C17H22N4O/c1-13(2)19-17(22)12-20-11-15(21-9-5-8-18-21)10-14-6-3-4-7-16(14)20/h3-9,13,15H,10-12H2,1-2H3,(H,19,22)/t15-/m0/s1. The molecule has 0 spiro atoms. The van der Waals surface area contributed by atoms with Gasteiger partial charge in [0.2, 0.25) is 5.91 Å². The maximum Gasteiger partial charge on any atom is 0.239 e. The molecule has 1 atom stereocenters. The van der Waals surface area contributed by atoms with Gasteiger partial charge >= 0.3 is 0 Å². The van der Waals surface area contributed by atoms with Gasteiger partial charge in [-0.2, -0.15) is 5.10 Å². The van der Waals surface area contributed by atoms with Crippen LogP contribution in [-0.4, -0.2) is 34.8 Å². The molecule has 0 radical (unpaired) electrons. The van der Waals surface area contributed by atoms with Gasteiger partial charge in [-0.1, -0.05) is 18.2 Å². The quantitative estimate of drug-likeness (QED) is 0.939. The number of nitrogens with zero attached hydrogens (tertiary/aromatic N) is 3. The van der Waals surface area contributed by atoms with E-state index < -0.39 is 0 Å². The van der Waals surface area contributed by atoms with Gasteiger partial charge in [0.1, 0.15) is 0 Å². The van der Waals surface area contributed by atoms with Crippen LogP contribution in [0.25, 0.3) is 0 Å². The highest BCUT2D eigenvalue weighted by Gasteiger charge is 2.26. The molecule has 116 valence electrons. The van der Waals surface area contributed by atoms with Crippen molar-refractivity contribution in [1.82, 2.24) is 15.1 Å². The molecule has 1 aliphatic heterocycles. The summed E-state index contributed by atoms with van der Waals surface area (Å²) < 4.78 is 1.99. The van der Waals surface area contributed by atoms with E-state index in [1.54, 1.807) is 6.20 Å². The molecule has 0 unspecified atom stereocenters. The Bertz CT molecular complexity index is 636. The first-order valence-corrected chi connectivity index (χ1v) is 7.75. The number of carbonyl (C=O) groups excluding carboxylic acids is 1. The summed E-state index contributed by atoms with van der Waals surface area (Å²) in [6, 6.07) is 10.7. The lowest BCUT2D eigenvalue weighted by atomic mass is 9.98. The Morgan fingerprint density at radius 2 is 2.18 bits per heavy atom. The zero-order valence-electron chi connectivity index (χ0n) is 13.1. The van der Waals surface area contributed by atoms with E-state index >= 15 is 0 Å². The highest BCUT2D eigenvalue weighted by Crippen LogP contribution is 2.31. The smallest absolute Gasteiger partial charge is 0.239 e. The summed E-state index contributed by atoms with van der Waals surface area (Å²) in [7, 11) is 0. The van der Waals surface area contributed by atoms with E-state index in [0.717, 1.165) is 18.7 Å². The fourth-order valence-electron chi connectivity index (χ4n) is 3.03. The van der Waals surface area contributed by atoms with Gasteiger partial charge in [-0.3, -0.25) is 9.48 Å². The monoisotopic (exact) mass is 298 g/mol. The molecule has 0 fully saturated rings. The summed E-state index contributed by atoms with van der Waals surface area (Å²) in [4.78, 5) is 14.3. The van der Waals surface area contributed by atoms with Crippen molar-refractivity contribution in [2.24, 2.45) is 0 Å². The number of carbonyl (C=O) groups is 1. The highest BCUT2D eigenvalue weighted by atomic mass is 16.2. The van der Waals surface area contributed by atoms with Gasteiger partial charge in [0.15, 0.2) is 0 Å². The van der Waals surface area contributed by atoms with Crippen LogP contribution in [0.2, 0.25) is 0 Å². The predicted molar refractivity (Wildman–Crippen MR) is 86.9 cm³/mol. The van der Waals surface area contributed by atoms with Gasteiger partial charge in [-0.15, -0.1) is 0 Å². The lowest BCUT2D eigenvalue weighted by Crippen LogP contribution is -2.44. The largest absolute Gasteiger partial charge is 0.360 e. The molecule has 1 N–H and O–H groups in total. The summed E-state index contributed by atoms with van der Waals surface area (Å²) in [6.07, 6.45) is 4.74. The number of rotatable bonds is 4. The number of nitrogens with one attached hydrogen (secondary N) is 1.